The normalized spacial score (nSPS) is 11.5. The molecule has 0 radical (unpaired) electrons. The highest BCUT2D eigenvalue weighted by molar-refractivity contribution is 9.09. The molecule has 0 spiro atoms. The zero-order valence-corrected chi connectivity index (χ0v) is 11.6. The molecular formula is C9H14BrN3OS. The van der Waals surface area contributed by atoms with Gasteiger partial charge in [-0.2, -0.15) is 0 Å². The molecule has 1 amide bonds. The number of halogens is 1. The Bertz CT molecular complexity index is 364. The van der Waals surface area contributed by atoms with E-state index in [2.05, 4.69) is 25.5 Å². The Kier molecular flexibility index (Phi) is 3.83. The molecule has 1 heterocycles. The van der Waals surface area contributed by atoms with E-state index in [0.29, 0.717) is 10.6 Å². The Morgan fingerprint density at radius 2 is 2.20 bits per heavy atom. The first-order chi connectivity index (χ1) is 6.90. The van der Waals surface area contributed by atoms with Gasteiger partial charge in [-0.1, -0.05) is 20.4 Å². The molecule has 4 nitrogen and oxygen atoms in total. The van der Waals surface area contributed by atoms with Crippen molar-refractivity contribution in [3.8, 4) is 0 Å². The van der Waals surface area contributed by atoms with E-state index in [4.69, 9.17) is 0 Å². The second-order valence-corrected chi connectivity index (χ2v) is 5.31. The minimum absolute atomic E-state index is 0.0213. The number of carbonyl (C=O) groups is 1. The number of carbonyl (C=O) groups excluding carboxylic acids is 1. The predicted molar refractivity (Wildman–Crippen MR) is 64.6 cm³/mol. The van der Waals surface area contributed by atoms with Crippen molar-refractivity contribution in [1.29, 1.82) is 0 Å². The molecule has 0 aliphatic rings. The van der Waals surface area contributed by atoms with E-state index in [1.165, 1.54) is 0 Å². The summed E-state index contributed by atoms with van der Waals surface area (Å²) in [5, 5.41) is 4.57. The van der Waals surface area contributed by atoms with Gasteiger partial charge in [0.2, 0.25) is 0 Å². The van der Waals surface area contributed by atoms with Gasteiger partial charge < -0.3 is 4.90 Å². The monoisotopic (exact) mass is 291 g/mol. The quantitative estimate of drug-likeness (QED) is 0.801. The topological polar surface area (TPSA) is 46.1 Å². The average molecular weight is 292 g/mol. The van der Waals surface area contributed by atoms with Crippen molar-refractivity contribution in [2.24, 2.45) is 0 Å². The summed E-state index contributed by atoms with van der Waals surface area (Å²) in [4.78, 5) is 14.4. The minimum atomic E-state index is -0.215. The molecule has 0 aliphatic heterocycles. The third kappa shape index (κ3) is 2.55. The van der Waals surface area contributed by atoms with Gasteiger partial charge in [-0.25, -0.2) is 0 Å². The largest absolute Gasteiger partial charge is 0.335 e. The van der Waals surface area contributed by atoms with Gasteiger partial charge >= 0.3 is 0 Å². The summed E-state index contributed by atoms with van der Waals surface area (Å²) in [6, 6.07) is 0. The van der Waals surface area contributed by atoms with Crippen LogP contribution in [0.3, 0.4) is 0 Å². The fraction of sp³-hybridized carbons (Fsp3) is 0.667. The Labute approximate surface area is 102 Å². The summed E-state index contributed by atoms with van der Waals surface area (Å²) >= 11 is 4.54. The molecule has 6 heteroatoms. The van der Waals surface area contributed by atoms with Gasteiger partial charge in [0.1, 0.15) is 4.88 Å². The number of aromatic nitrogens is 2. The van der Waals surface area contributed by atoms with Crippen molar-refractivity contribution in [3.05, 3.63) is 10.6 Å². The van der Waals surface area contributed by atoms with E-state index in [1.807, 2.05) is 13.8 Å². The van der Waals surface area contributed by atoms with Crippen LogP contribution in [-0.4, -0.2) is 38.3 Å². The Hall–Kier alpha value is -0.490. The van der Waals surface area contributed by atoms with Crippen molar-refractivity contribution >= 4 is 33.4 Å². The third-order valence-electron chi connectivity index (χ3n) is 2.39. The SMILES string of the molecule is Cc1nnsc1C(=O)N(C)C(C)(C)CBr. The van der Waals surface area contributed by atoms with Crippen LogP contribution in [0.1, 0.15) is 29.2 Å². The average Bonchev–Trinajstić information content (AvgIpc) is 2.62. The highest BCUT2D eigenvalue weighted by atomic mass is 79.9. The summed E-state index contributed by atoms with van der Waals surface area (Å²) in [6.07, 6.45) is 0. The second-order valence-electron chi connectivity index (χ2n) is 4.00. The number of amides is 1. The Balaban J connectivity index is 2.92. The van der Waals surface area contributed by atoms with E-state index >= 15 is 0 Å². The van der Waals surface area contributed by atoms with Crippen LogP contribution >= 0.6 is 27.5 Å². The van der Waals surface area contributed by atoms with Crippen molar-refractivity contribution < 1.29 is 4.79 Å². The van der Waals surface area contributed by atoms with E-state index in [-0.39, 0.29) is 11.4 Å². The van der Waals surface area contributed by atoms with Gasteiger partial charge in [-0.3, -0.25) is 4.79 Å². The molecule has 0 unspecified atom stereocenters. The molecule has 0 saturated carbocycles. The highest BCUT2D eigenvalue weighted by Crippen LogP contribution is 2.20. The summed E-state index contributed by atoms with van der Waals surface area (Å²) in [7, 11) is 1.79. The van der Waals surface area contributed by atoms with Crippen LogP contribution in [0.25, 0.3) is 0 Å². The molecule has 0 aliphatic carbocycles. The lowest BCUT2D eigenvalue weighted by Crippen LogP contribution is -2.46. The molecule has 15 heavy (non-hydrogen) atoms. The van der Waals surface area contributed by atoms with Gasteiger partial charge in [-0.05, 0) is 32.3 Å². The molecule has 0 fully saturated rings. The molecular weight excluding hydrogens is 278 g/mol. The smallest absolute Gasteiger partial charge is 0.267 e. The van der Waals surface area contributed by atoms with Crippen LogP contribution in [0.5, 0.6) is 0 Å². The maximum Gasteiger partial charge on any atom is 0.267 e. The third-order valence-corrected chi connectivity index (χ3v) is 4.57. The maximum atomic E-state index is 12.1. The Morgan fingerprint density at radius 3 is 2.60 bits per heavy atom. The van der Waals surface area contributed by atoms with Crippen molar-refractivity contribution in [2.75, 3.05) is 12.4 Å². The van der Waals surface area contributed by atoms with Crippen molar-refractivity contribution in [3.63, 3.8) is 0 Å². The zero-order valence-electron chi connectivity index (χ0n) is 9.24. The van der Waals surface area contributed by atoms with Gasteiger partial charge in [-0.15, -0.1) is 5.10 Å². The number of alkyl halides is 1. The molecule has 84 valence electrons. The van der Waals surface area contributed by atoms with Crippen LogP contribution < -0.4 is 0 Å². The fourth-order valence-electron chi connectivity index (χ4n) is 0.945. The molecule has 0 bridgehead atoms. The highest BCUT2D eigenvalue weighted by Gasteiger charge is 2.29. The number of rotatable bonds is 3. The van der Waals surface area contributed by atoms with Crippen LogP contribution in [-0.2, 0) is 0 Å². The molecule has 1 aromatic rings. The van der Waals surface area contributed by atoms with E-state index < -0.39 is 0 Å². The Morgan fingerprint density at radius 1 is 1.60 bits per heavy atom. The minimum Gasteiger partial charge on any atom is -0.335 e. The first-order valence-corrected chi connectivity index (χ1v) is 6.42. The van der Waals surface area contributed by atoms with E-state index in [0.717, 1.165) is 16.9 Å². The number of nitrogens with zero attached hydrogens (tertiary/aromatic N) is 3. The summed E-state index contributed by atoms with van der Waals surface area (Å²) in [6.45, 7) is 5.80. The van der Waals surface area contributed by atoms with Crippen LogP contribution in [0, 0.1) is 6.92 Å². The number of hydrogen-bond acceptors (Lipinski definition) is 4. The van der Waals surface area contributed by atoms with Crippen LogP contribution in [0.4, 0.5) is 0 Å². The van der Waals surface area contributed by atoms with Crippen LogP contribution in [0.15, 0.2) is 0 Å². The summed E-state index contributed by atoms with van der Waals surface area (Å²) in [5.74, 6) is -0.0213. The van der Waals surface area contributed by atoms with E-state index in [9.17, 15) is 4.79 Å². The fourth-order valence-corrected chi connectivity index (χ4v) is 1.95. The standard InChI is InChI=1S/C9H14BrN3OS/c1-6-7(15-12-11-6)8(14)13(4)9(2,3)5-10/h5H2,1-4H3. The van der Waals surface area contributed by atoms with Gasteiger partial charge in [0, 0.05) is 17.9 Å². The van der Waals surface area contributed by atoms with Crippen molar-refractivity contribution in [2.45, 2.75) is 26.3 Å². The lowest BCUT2D eigenvalue weighted by Gasteiger charge is -2.33. The van der Waals surface area contributed by atoms with Gasteiger partial charge in [0.15, 0.2) is 0 Å². The predicted octanol–water partition coefficient (Wildman–Crippen LogP) is 2.09. The first-order valence-electron chi connectivity index (χ1n) is 4.53. The van der Waals surface area contributed by atoms with E-state index in [1.54, 1.807) is 18.9 Å². The number of hydrogen-bond donors (Lipinski definition) is 0. The zero-order chi connectivity index (χ0) is 11.6. The molecule has 0 aromatic carbocycles. The van der Waals surface area contributed by atoms with Gasteiger partial charge in [0.25, 0.3) is 5.91 Å². The summed E-state index contributed by atoms with van der Waals surface area (Å²) < 4.78 is 3.77. The lowest BCUT2D eigenvalue weighted by molar-refractivity contribution is 0.0667. The molecule has 0 atom stereocenters. The number of aryl methyl sites for hydroxylation is 1. The molecule has 1 aromatic heterocycles. The first kappa shape index (κ1) is 12.6. The van der Waals surface area contributed by atoms with Crippen molar-refractivity contribution in [1.82, 2.24) is 14.5 Å². The van der Waals surface area contributed by atoms with Crippen LogP contribution in [0.2, 0.25) is 0 Å². The maximum absolute atomic E-state index is 12.1. The molecule has 1 rings (SSSR count). The summed E-state index contributed by atoms with van der Waals surface area (Å²) in [5.41, 5.74) is 0.482. The van der Waals surface area contributed by atoms with Gasteiger partial charge in [0.05, 0.1) is 5.69 Å². The molecule has 0 N–H and O–H groups in total. The second kappa shape index (κ2) is 4.57. The lowest BCUT2D eigenvalue weighted by atomic mass is 10.1. The molecule has 0 saturated heterocycles.